The molecule has 0 spiro atoms. The van der Waals surface area contributed by atoms with Crippen molar-refractivity contribution in [2.75, 3.05) is 19.6 Å². The van der Waals surface area contributed by atoms with Crippen LogP contribution in [0, 0.1) is 0 Å². The number of hydrogen-bond acceptors (Lipinski definition) is 1. The predicted molar refractivity (Wildman–Crippen MR) is 87.5 cm³/mol. The van der Waals surface area contributed by atoms with Crippen LogP contribution < -0.4 is 5.32 Å². The van der Waals surface area contributed by atoms with Gasteiger partial charge >= 0.3 is 6.03 Å². The van der Waals surface area contributed by atoms with Crippen LogP contribution in [0.1, 0.15) is 51.5 Å². The molecule has 0 aromatic heterocycles. The number of benzene rings is 1. The zero-order valence-electron chi connectivity index (χ0n) is 13.4. The number of hydrogen-bond donors (Lipinski definition) is 1. The second-order valence-corrected chi connectivity index (χ2v) is 6.15. The highest BCUT2D eigenvalue weighted by Crippen LogP contribution is 2.43. The average molecular weight is 288 g/mol. The molecule has 1 aliphatic rings. The third kappa shape index (κ3) is 3.78. The molecule has 0 atom stereocenters. The van der Waals surface area contributed by atoms with Crippen molar-refractivity contribution in [2.24, 2.45) is 0 Å². The molecular formula is C18H28N2O. The monoisotopic (exact) mass is 288 g/mol. The van der Waals surface area contributed by atoms with Gasteiger partial charge in [0.25, 0.3) is 0 Å². The minimum Gasteiger partial charge on any atom is -0.337 e. The molecule has 1 N–H and O–H groups in total. The van der Waals surface area contributed by atoms with Gasteiger partial charge in [-0.3, -0.25) is 0 Å². The number of rotatable bonds is 7. The van der Waals surface area contributed by atoms with E-state index in [1.54, 1.807) is 0 Å². The standard InChI is InChI=1S/C18H28N2O/c1-3-13-20(14-4-2)17(21)19-15-18(11-8-12-18)16-9-6-5-7-10-16/h5-7,9-10H,3-4,8,11-15H2,1-2H3,(H,19,21). The smallest absolute Gasteiger partial charge is 0.317 e. The number of urea groups is 1. The molecule has 3 heteroatoms. The highest BCUT2D eigenvalue weighted by molar-refractivity contribution is 5.74. The van der Waals surface area contributed by atoms with Crippen LogP contribution in [0.2, 0.25) is 0 Å². The molecular weight excluding hydrogens is 260 g/mol. The molecule has 21 heavy (non-hydrogen) atoms. The maximum Gasteiger partial charge on any atom is 0.317 e. The first-order valence-electron chi connectivity index (χ1n) is 8.30. The summed E-state index contributed by atoms with van der Waals surface area (Å²) in [7, 11) is 0. The number of nitrogens with one attached hydrogen (secondary N) is 1. The average Bonchev–Trinajstić information content (AvgIpc) is 2.47. The van der Waals surface area contributed by atoms with Gasteiger partial charge in [-0.2, -0.15) is 0 Å². The molecule has 2 rings (SSSR count). The Morgan fingerprint density at radius 2 is 1.76 bits per heavy atom. The van der Waals surface area contributed by atoms with Crippen molar-refractivity contribution >= 4 is 6.03 Å². The Hall–Kier alpha value is -1.51. The van der Waals surface area contributed by atoms with Crippen LogP contribution >= 0.6 is 0 Å². The van der Waals surface area contributed by atoms with E-state index in [1.807, 2.05) is 4.90 Å². The first-order chi connectivity index (χ1) is 10.2. The van der Waals surface area contributed by atoms with Gasteiger partial charge in [0.2, 0.25) is 0 Å². The van der Waals surface area contributed by atoms with E-state index in [0.29, 0.717) is 0 Å². The molecule has 1 aliphatic carbocycles. The molecule has 0 bridgehead atoms. The van der Waals surface area contributed by atoms with E-state index >= 15 is 0 Å². The summed E-state index contributed by atoms with van der Waals surface area (Å²) in [6.07, 6.45) is 5.64. The molecule has 116 valence electrons. The quantitative estimate of drug-likeness (QED) is 0.810. The largest absolute Gasteiger partial charge is 0.337 e. The SMILES string of the molecule is CCCN(CCC)C(=O)NCC1(c2ccccc2)CCC1. The Kier molecular flexibility index (Phi) is 5.66. The summed E-state index contributed by atoms with van der Waals surface area (Å²) in [6.45, 7) is 6.69. The molecule has 2 amide bonds. The normalized spacial score (nSPS) is 16.1. The summed E-state index contributed by atoms with van der Waals surface area (Å²) in [5, 5.41) is 3.18. The molecule has 0 heterocycles. The van der Waals surface area contributed by atoms with Crippen molar-refractivity contribution < 1.29 is 4.79 Å². The number of nitrogens with zero attached hydrogens (tertiary/aromatic N) is 1. The maximum atomic E-state index is 12.4. The fourth-order valence-corrected chi connectivity index (χ4v) is 3.17. The van der Waals surface area contributed by atoms with Crippen LogP contribution in [0.5, 0.6) is 0 Å². The fraction of sp³-hybridized carbons (Fsp3) is 0.611. The van der Waals surface area contributed by atoms with Gasteiger partial charge < -0.3 is 10.2 Å². The first-order valence-corrected chi connectivity index (χ1v) is 8.30. The van der Waals surface area contributed by atoms with E-state index in [1.165, 1.54) is 24.8 Å². The van der Waals surface area contributed by atoms with Gasteiger partial charge in [0.15, 0.2) is 0 Å². The third-order valence-corrected chi connectivity index (χ3v) is 4.55. The molecule has 0 saturated heterocycles. The number of amides is 2. The summed E-state index contributed by atoms with van der Waals surface area (Å²) >= 11 is 0. The fourth-order valence-electron chi connectivity index (χ4n) is 3.17. The Morgan fingerprint density at radius 3 is 2.24 bits per heavy atom. The van der Waals surface area contributed by atoms with Crippen LogP contribution in [-0.4, -0.2) is 30.6 Å². The van der Waals surface area contributed by atoms with E-state index in [4.69, 9.17) is 0 Å². The Labute approximate surface area is 128 Å². The lowest BCUT2D eigenvalue weighted by molar-refractivity contribution is 0.183. The minimum absolute atomic E-state index is 0.0981. The predicted octanol–water partition coefficient (Wildman–Crippen LogP) is 3.94. The summed E-state index contributed by atoms with van der Waals surface area (Å²) < 4.78 is 0. The zero-order chi connectivity index (χ0) is 15.1. The van der Waals surface area contributed by atoms with Gasteiger partial charge in [-0.1, -0.05) is 50.6 Å². The van der Waals surface area contributed by atoms with Crippen LogP contribution in [0.3, 0.4) is 0 Å². The molecule has 1 fully saturated rings. The van der Waals surface area contributed by atoms with Gasteiger partial charge in [0.05, 0.1) is 0 Å². The molecule has 1 aromatic carbocycles. The third-order valence-electron chi connectivity index (χ3n) is 4.55. The van der Waals surface area contributed by atoms with Gasteiger partial charge in [-0.25, -0.2) is 4.79 Å². The highest BCUT2D eigenvalue weighted by atomic mass is 16.2. The maximum absolute atomic E-state index is 12.4. The van der Waals surface area contributed by atoms with Gasteiger partial charge in [-0.05, 0) is 31.2 Å². The Balaban J connectivity index is 1.95. The summed E-state index contributed by atoms with van der Waals surface area (Å²) in [4.78, 5) is 14.3. The van der Waals surface area contributed by atoms with Crippen molar-refractivity contribution in [1.29, 1.82) is 0 Å². The second-order valence-electron chi connectivity index (χ2n) is 6.15. The lowest BCUT2D eigenvalue weighted by Gasteiger charge is -2.43. The van der Waals surface area contributed by atoms with Crippen LogP contribution in [0.25, 0.3) is 0 Å². The summed E-state index contributed by atoms with van der Waals surface area (Å²) in [5.41, 5.74) is 1.54. The van der Waals surface area contributed by atoms with Crippen molar-refractivity contribution in [3.05, 3.63) is 35.9 Å². The topological polar surface area (TPSA) is 32.3 Å². The van der Waals surface area contributed by atoms with Crippen LogP contribution in [0.15, 0.2) is 30.3 Å². The van der Waals surface area contributed by atoms with Crippen LogP contribution in [0.4, 0.5) is 4.79 Å². The van der Waals surface area contributed by atoms with Gasteiger partial charge in [0.1, 0.15) is 0 Å². The minimum atomic E-state index is 0.0981. The van der Waals surface area contributed by atoms with Crippen molar-refractivity contribution in [3.8, 4) is 0 Å². The molecule has 0 aliphatic heterocycles. The van der Waals surface area contributed by atoms with E-state index in [-0.39, 0.29) is 11.4 Å². The molecule has 0 unspecified atom stereocenters. The lowest BCUT2D eigenvalue weighted by atomic mass is 9.64. The number of carbonyl (C=O) groups is 1. The van der Waals surface area contributed by atoms with Gasteiger partial charge in [-0.15, -0.1) is 0 Å². The van der Waals surface area contributed by atoms with Crippen LogP contribution in [-0.2, 0) is 5.41 Å². The van der Waals surface area contributed by atoms with E-state index < -0.39 is 0 Å². The Morgan fingerprint density at radius 1 is 1.14 bits per heavy atom. The second kappa shape index (κ2) is 7.48. The number of carbonyl (C=O) groups excluding carboxylic acids is 1. The zero-order valence-corrected chi connectivity index (χ0v) is 13.4. The van der Waals surface area contributed by atoms with E-state index in [9.17, 15) is 4.79 Å². The first kappa shape index (κ1) is 15.9. The highest BCUT2D eigenvalue weighted by Gasteiger charge is 2.38. The Bertz CT molecular complexity index is 434. The van der Waals surface area contributed by atoms with E-state index in [0.717, 1.165) is 32.5 Å². The molecule has 1 aromatic rings. The van der Waals surface area contributed by atoms with Crippen molar-refractivity contribution in [3.63, 3.8) is 0 Å². The summed E-state index contributed by atoms with van der Waals surface area (Å²) in [5.74, 6) is 0. The lowest BCUT2D eigenvalue weighted by Crippen LogP contribution is -2.49. The molecule has 0 radical (unpaired) electrons. The molecule has 1 saturated carbocycles. The van der Waals surface area contributed by atoms with E-state index in [2.05, 4.69) is 49.5 Å². The van der Waals surface area contributed by atoms with Crippen molar-refractivity contribution in [2.45, 2.75) is 51.4 Å². The van der Waals surface area contributed by atoms with Crippen molar-refractivity contribution in [1.82, 2.24) is 10.2 Å². The van der Waals surface area contributed by atoms with Gasteiger partial charge in [0, 0.05) is 25.0 Å². The summed E-state index contributed by atoms with van der Waals surface area (Å²) in [6, 6.07) is 10.7. The molecule has 3 nitrogen and oxygen atoms in total.